The molecule has 3 nitrogen and oxygen atoms in total. The molecule has 1 aliphatic rings. The predicted octanol–water partition coefficient (Wildman–Crippen LogP) is 5.21. The van der Waals surface area contributed by atoms with Gasteiger partial charge in [-0.2, -0.15) is 0 Å². The molecule has 1 saturated heterocycles. The summed E-state index contributed by atoms with van der Waals surface area (Å²) in [6, 6.07) is 17.1. The van der Waals surface area contributed by atoms with Gasteiger partial charge in [0.2, 0.25) is 0 Å². The number of aryl methyl sites for hydroxylation is 1. The second-order valence-corrected chi connectivity index (χ2v) is 6.67. The van der Waals surface area contributed by atoms with Gasteiger partial charge >= 0.3 is 0 Å². The lowest BCUT2D eigenvalue weighted by Gasteiger charge is -2.20. The van der Waals surface area contributed by atoms with E-state index in [1.54, 1.807) is 0 Å². The van der Waals surface area contributed by atoms with Gasteiger partial charge in [-0.25, -0.2) is 0 Å². The molecule has 2 heterocycles. The predicted molar refractivity (Wildman–Crippen MR) is 105 cm³/mol. The van der Waals surface area contributed by atoms with Gasteiger partial charge in [-0.05, 0) is 62.1 Å². The Kier molecular flexibility index (Phi) is 4.31. The third kappa shape index (κ3) is 3.19. The lowest BCUT2D eigenvalue weighted by Crippen LogP contribution is -2.18. The zero-order chi connectivity index (χ0) is 17.2. The molecule has 1 fully saturated rings. The fourth-order valence-electron chi connectivity index (χ4n) is 3.67. The third-order valence-electron chi connectivity index (χ3n) is 4.84. The molecule has 2 aromatic carbocycles. The fourth-order valence-corrected chi connectivity index (χ4v) is 3.67. The van der Waals surface area contributed by atoms with Crippen LogP contribution >= 0.6 is 0 Å². The van der Waals surface area contributed by atoms with Gasteiger partial charge in [0.25, 0.3) is 0 Å². The summed E-state index contributed by atoms with van der Waals surface area (Å²) in [5.74, 6) is 0.912. The standard InChI is InChI=1S/C22H24N2O/c1-3-25-19-8-6-7-17(14-19)18-9-10-20-21(15-18)23-16(2)13-22(20)24-11-4-5-12-24/h6-10,13-15H,3-5,11-12H2,1-2H3. The maximum absolute atomic E-state index is 5.64. The van der Waals surface area contributed by atoms with Crippen LogP contribution in [-0.4, -0.2) is 24.7 Å². The van der Waals surface area contributed by atoms with Gasteiger partial charge < -0.3 is 9.64 Å². The van der Waals surface area contributed by atoms with Crippen LogP contribution in [0.15, 0.2) is 48.5 Å². The van der Waals surface area contributed by atoms with Crippen LogP contribution in [0.25, 0.3) is 22.0 Å². The number of anilines is 1. The van der Waals surface area contributed by atoms with Gasteiger partial charge in [0.05, 0.1) is 12.1 Å². The van der Waals surface area contributed by atoms with Gasteiger partial charge in [0.1, 0.15) is 5.75 Å². The van der Waals surface area contributed by atoms with E-state index >= 15 is 0 Å². The number of rotatable bonds is 4. The summed E-state index contributed by atoms with van der Waals surface area (Å²) in [5.41, 5.74) is 5.82. The number of aromatic nitrogens is 1. The normalized spacial score (nSPS) is 14.2. The second kappa shape index (κ2) is 6.75. The Morgan fingerprint density at radius 2 is 1.80 bits per heavy atom. The van der Waals surface area contributed by atoms with E-state index in [-0.39, 0.29) is 0 Å². The van der Waals surface area contributed by atoms with Crippen LogP contribution in [0.3, 0.4) is 0 Å². The molecule has 0 amide bonds. The molecular formula is C22H24N2O. The number of pyridine rings is 1. The van der Waals surface area contributed by atoms with Crippen LogP contribution in [0.2, 0.25) is 0 Å². The Morgan fingerprint density at radius 1 is 1.00 bits per heavy atom. The number of benzene rings is 2. The zero-order valence-electron chi connectivity index (χ0n) is 15.0. The highest BCUT2D eigenvalue weighted by molar-refractivity contribution is 5.94. The minimum absolute atomic E-state index is 0.682. The average molecular weight is 332 g/mol. The highest BCUT2D eigenvalue weighted by Gasteiger charge is 2.16. The van der Waals surface area contributed by atoms with Crippen molar-refractivity contribution in [2.45, 2.75) is 26.7 Å². The summed E-state index contributed by atoms with van der Waals surface area (Å²) >= 11 is 0. The number of hydrogen-bond acceptors (Lipinski definition) is 3. The molecule has 0 saturated carbocycles. The summed E-state index contributed by atoms with van der Waals surface area (Å²) in [6.07, 6.45) is 2.57. The van der Waals surface area contributed by atoms with Crippen molar-refractivity contribution < 1.29 is 4.74 Å². The van der Waals surface area contributed by atoms with Crippen LogP contribution in [0.4, 0.5) is 5.69 Å². The summed E-state index contributed by atoms with van der Waals surface area (Å²) < 4.78 is 5.64. The molecule has 0 radical (unpaired) electrons. The fraction of sp³-hybridized carbons (Fsp3) is 0.318. The molecule has 0 bridgehead atoms. The van der Waals surface area contributed by atoms with Gasteiger partial charge in [0.15, 0.2) is 0 Å². The molecule has 3 heteroatoms. The quantitative estimate of drug-likeness (QED) is 0.656. The number of nitrogens with zero attached hydrogens (tertiary/aromatic N) is 2. The van der Waals surface area contributed by atoms with E-state index in [0.717, 1.165) is 30.0 Å². The highest BCUT2D eigenvalue weighted by Crippen LogP contribution is 2.33. The Hall–Kier alpha value is -2.55. The zero-order valence-corrected chi connectivity index (χ0v) is 15.0. The minimum atomic E-state index is 0.682. The van der Waals surface area contributed by atoms with Crippen molar-refractivity contribution in [3.05, 3.63) is 54.2 Å². The molecule has 1 aliphatic heterocycles. The van der Waals surface area contributed by atoms with E-state index < -0.39 is 0 Å². The van der Waals surface area contributed by atoms with Crippen molar-refractivity contribution in [1.29, 1.82) is 0 Å². The number of fused-ring (bicyclic) bond motifs is 1. The topological polar surface area (TPSA) is 25.4 Å². The number of hydrogen-bond donors (Lipinski definition) is 0. The SMILES string of the molecule is CCOc1cccc(-c2ccc3c(N4CCCC4)cc(C)nc3c2)c1. The van der Waals surface area contributed by atoms with Gasteiger partial charge in [0, 0.05) is 29.9 Å². The van der Waals surface area contributed by atoms with Crippen molar-refractivity contribution in [2.24, 2.45) is 0 Å². The van der Waals surface area contributed by atoms with Gasteiger partial charge in [-0.3, -0.25) is 4.98 Å². The summed E-state index contributed by atoms with van der Waals surface area (Å²) in [4.78, 5) is 7.29. The molecule has 0 unspecified atom stereocenters. The van der Waals surface area contributed by atoms with E-state index in [1.165, 1.54) is 35.0 Å². The Morgan fingerprint density at radius 3 is 2.60 bits per heavy atom. The molecule has 0 atom stereocenters. The van der Waals surface area contributed by atoms with Crippen molar-refractivity contribution >= 4 is 16.6 Å². The largest absolute Gasteiger partial charge is 0.494 e. The van der Waals surface area contributed by atoms with E-state index in [0.29, 0.717) is 6.61 Å². The first-order chi connectivity index (χ1) is 12.2. The molecule has 3 aromatic rings. The maximum atomic E-state index is 5.64. The lowest BCUT2D eigenvalue weighted by molar-refractivity contribution is 0.340. The molecule has 25 heavy (non-hydrogen) atoms. The van der Waals surface area contributed by atoms with Crippen LogP contribution < -0.4 is 9.64 Å². The molecule has 1 aromatic heterocycles. The smallest absolute Gasteiger partial charge is 0.119 e. The molecule has 4 rings (SSSR count). The first-order valence-electron chi connectivity index (χ1n) is 9.14. The maximum Gasteiger partial charge on any atom is 0.119 e. The minimum Gasteiger partial charge on any atom is -0.494 e. The highest BCUT2D eigenvalue weighted by atomic mass is 16.5. The first-order valence-corrected chi connectivity index (χ1v) is 9.14. The average Bonchev–Trinajstić information content (AvgIpc) is 3.15. The van der Waals surface area contributed by atoms with Crippen LogP contribution in [-0.2, 0) is 0 Å². The second-order valence-electron chi connectivity index (χ2n) is 6.67. The number of ether oxygens (including phenoxy) is 1. The van der Waals surface area contributed by atoms with E-state index in [2.05, 4.69) is 48.2 Å². The lowest BCUT2D eigenvalue weighted by atomic mass is 10.0. The van der Waals surface area contributed by atoms with E-state index in [9.17, 15) is 0 Å². The van der Waals surface area contributed by atoms with E-state index in [4.69, 9.17) is 9.72 Å². The monoisotopic (exact) mass is 332 g/mol. The first kappa shape index (κ1) is 15.9. The molecular weight excluding hydrogens is 308 g/mol. The summed E-state index contributed by atoms with van der Waals surface area (Å²) in [7, 11) is 0. The van der Waals surface area contributed by atoms with E-state index in [1.807, 2.05) is 19.1 Å². The van der Waals surface area contributed by atoms with Gasteiger partial charge in [-0.15, -0.1) is 0 Å². The van der Waals surface area contributed by atoms with Crippen molar-refractivity contribution in [3.63, 3.8) is 0 Å². The molecule has 128 valence electrons. The van der Waals surface area contributed by atoms with Crippen LogP contribution in [0, 0.1) is 6.92 Å². The van der Waals surface area contributed by atoms with Crippen molar-refractivity contribution in [1.82, 2.24) is 4.98 Å². The van der Waals surface area contributed by atoms with Crippen molar-refractivity contribution in [3.8, 4) is 16.9 Å². The van der Waals surface area contributed by atoms with Crippen LogP contribution in [0.5, 0.6) is 5.75 Å². The Balaban J connectivity index is 1.79. The Bertz CT molecular complexity index is 898. The molecule has 0 spiro atoms. The third-order valence-corrected chi connectivity index (χ3v) is 4.84. The summed E-state index contributed by atoms with van der Waals surface area (Å²) in [5, 5.41) is 1.25. The van der Waals surface area contributed by atoms with Gasteiger partial charge in [-0.1, -0.05) is 24.3 Å². The van der Waals surface area contributed by atoms with Crippen LogP contribution in [0.1, 0.15) is 25.5 Å². The molecule has 0 N–H and O–H groups in total. The Labute approximate surface area is 149 Å². The van der Waals surface area contributed by atoms with Crippen molar-refractivity contribution in [2.75, 3.05) is 24.6 Å². The summed E-state index contributed by atoms with van der Waals surface area (Å²) in [6.45, 7) is 7.07. The molecule has 0 aliphatic carbocycles.